The van der Waals surface area contributed by atoms with Gasteiger partial charge in [-0.3, -0.25) is 39.1 Å². The summed E-state index contributed by atoms with van der Waals surface area (Å²) in [7, 11) is 0.917. The lowest BCUT2D eigenvalue weighted by Crippen LogP contribution is -2.26. The van der Waals surface area contributed by atoms with Gasteiger partial charge in [-0.2, -0.15) is 13.5 Å². The van der Waals surface area contributed by atoms with Gasteiger partial charge >= 0.3 is 12.2 Å². The van der Waals surface area contributed by atoms with Crippen LogP contribution in [0.4, 0.5) is 9.59 Å². The minimum Gasteiger partial charge on any atom is -0.443 e. The number of rotatable bonds is 8. The Morgan fingerprint density at radius 3 is 1.13 bits per heavy atom. The molecule has 8 heterocycles. The topological polar surface area (TPSA) is 266 Å². The summed E-state index contributed by atoms with van der Waals surface area (Å²) >= 11 is 29.2. The van der Waals surface area contributed by atoms with Gasteiger partial charge in [0.15, 0.2) is 0 Å². The van der Waals surface area contributed by atoms with Gasteiger partial charge in [0.2, 0.25) is 11.8 Å². The number of pyridine rings is 4. The molecule has 0 bridgehead atoms. The molecule has 18 nitrogen and oxygen atoms in total. The number of nitrogens with zero attached hydrogens (tertiary/aromatic N) is 6. The van der Waals surface area contributed by atoms with Gasteiger partial charge in [0.1, 0.15) is 22.8 Å². The summed E-state index contributed by atoms with van der Waals surface area (Å²) in [4.78, 5) is 90.9. The molecule has 8 aromatic heterocycles. The van der Waals surface area contributed by atoms with Crippen molar-refractivity contribution in [2.75, 3.05) is 0 Å². The number of carbonyl (C=O) groups is 6. The van der Waals surface area contributed by atoms with Crippen LogP contribution in [0.2, 0.25) is 0 Å². The Kier molecular flexibility index (Phi) is 27.6. The highest BCUT2D eigenvalue weighted by Gasteiger charge is 2.22. The number of nitrogens with two attached hydrogens (primary N) is 2. The first-order valence-electron chi connectivity index (χ1n) is 21.7. The van der Waals surface area contributed by atoms with Crippen LogP contribution in [0.15, 0.2) is 91.7 Å². The Labute approximate surface area is 500 Å². The summed E-state index contributed by atoms with van der Waals surface area (Å²) in [5.41, 5.74) is 15.0. The molecule has 76 heavy (non-hydrogen) atoms. The monoisotopic (exact) mass is 1400 g/mol. The average Bonchev–Trinajstić information content (AvgIpc) is 4.06. The molecule has 406 valence electrons. The number of ether oxygens (including phenoxy) is 2. The van der Waals surface area contributed by atoms with Crippen LogP contribution in [0.25, 0.3) is 43.6 Å². The zero-order valence-electron chi connectivity index (χ0n) is 41.9. The molecule has 8 rings (SSSR count). The maximum atomic E-state index is 12.2. The highest BCUT2D eigenvalue weighted by molar-refractivity contribution is 9.11. The predicted octanol–water partition coefficient (Wildman–Crippen LogP) is 10.2. The number of fused-ring (bicyclic) bond motifs is 4. The summed E-state index contributed by atoms with van der Waals surface area (Å²) in [5.74, 6) is -0.652. The number of aromatic nitrogens is 8. The number of ketones is 2. The lowest BCUT2D eigenvalue weighted by Gasteiger charge is -2.19. The van der Waals surface area contributed by atoms with E-state index in [1.807, 2.05) is 51.4 Å². The quantitative estimate of drug-likeness (QED) is 0.110. The summed E-state index contributed by atoms with van der Waals surface area (Å²) < 4.78 is 16.9. The third kappa shape index (κ3) is 21.3. The third-order valence-electron chi connectivity index (χ3n) is 9.29. The fourth-order valence-electron chi connectivity index (χ4n) is 6.49. The molecular formula is C48H52Br4N10O8S6. The molecule has 0 aromatic carbocycles. The van der Waals surface area contributed by atoms with E-state index in [-0.39, 0.29) is 50.2 Å². The Bertz CT molecular complexity index is 3200. The molecule has 0 spiro atoms. The van der Waals surface area contributed by atoms with Crippen LogP contribution >= 0.6 is 77.2 Å². The number of nitrogens with one attached hydrogen (secondary N) is 2. The summed E-state index contributed by atoms with van der Waals surface area (Å²) in [6.45, 7) is 13.9. The van der Waals surface area contributed by atoms with Gasteiger partial charge in [-0.25, -0.2) is 18.7 Å². The van der Waals surface area contributed by atoms with Crippen molar-refractivity contribution in [1.82, 2.24) is 39.0 Å². The van der Waals surface area contributed by atoms with Gasteiger partial charge in [-0.05, 0) is 143 Å². The maximum absolute atomic E-state index is 12.2. The molecule has 0 fully saturated rings. The van der Waals surface area contributed by atoms with E-state index < -0.39 is 29.3 Å². The van der Waals surface area contributed by atoms with Crippen LogP contribution in [0.1, 0.15) is 78.2 Å². The van der Waals surface area contributed by atoms with Gasteiger partial charge < -0.3 is 30.9 Å². The molecule has 0 atom stereocenters. The van der Waals surface area contributed by atoms with Crippen molar-refractivity contribution in [3.8, 4) is 0 Å². The zero-order chi connectivity index (χ0) is 56.5. The normalized spacial score (nSPS) is 10.6. The molecule has 0 aliphatic carbocycles. The van der Waals surface area contributed by atoms with Crippen molar-refractivity contribution in [3.05, 3.63) is 115 Å². The maximum Gasteiger partial charge on any atom is 0.419 e. The second-order valence-corrected chi connectivity index (χ2v) is 23.1. The van der Waals surface area contributed by atoms with Crippen LogP contribution in [0, 0.1) is 0 Å². The molecule has 0 radical (unpaired) electrons. The predicted molar refractivity (Wildman–Crippen MR) is 327 cm³/mol. The molecule has 2 amide bonds. The van der Waals surface area contributed by atoms with Crippen molar-refractivity contribution in [3.63, 3.8) is 0 Å². The van der Waals surface area contributed by atoms with E-state index in [0.29, 0.717) is 34.5 Å². The van der Waals surface area contributed by atoms with Crippen LogP contribution < -0.4 is 11.5 Å². The first-order chi connectivity index (χ1) is 35.1. The minimum atomic E-state index is -0.584. The number of amides is 2. The van der Waals surface area contributed by atoms with E-state index in [0.717, 1.165) is 65.0 Å². The van der Waals surface area contributed by atoms with E-state index in [1.165, 1.54) is 22.3 Å². The van der Waals surface area contributed by atoms with E-state index in [9.17, 15) is 28.8 Å². The van der Waals surface area contributed by atoms with E-state index in [2.05, 4.69) is 138 Å². The molecule has 0 unspecified atom stereocenters. The van der Waals surface area contributed by atoms with Crippen LogP contribution in [0.3, 0.4) is 0 Å². The highest BCUT2D eigenvalue weighted by Crippen LogP contribution is 2.29. The number of aromatic amines is 2. The van der Waals surface area contributed by atoms with E-state index >= 15 is 0 Å². The number of hydrogen-bond acceptors (Lipinski definition) is 16. The van der Waals surface area contributed by atoms with Crippen molar-refractivity contribution >= 4 is 210 Å². The SMILES string of the molecule is CC(=O)Cc1cc2c(Br)c[nH]c2cn1.CC(=O)Cc1cc2c(Br)cn(C(=O)OC(C)(C)C)c2cn1.CC(C)(C)OC(=O)n1cc(Br)c2cc(CC(N)=O)ncc21.NC(=O)Cc1cc2c(Br)c[nH]c2cn1.S.S=S.S=S=S. The summed E-state index contributed by atoms with van der Waals surface area (Å²) in [5, 5.41) is 3.67. The summed E-state index contributed by atoms with van der Waals surface area (Å²) in [6, 6.07) is 7.31. The lowest BCUT2D eigenvalue weighted by molar-refractivity contribution is -0.118. The number of primary amides is 2. The Hall–Kier alpha value is -4.65. The Morgan fingerprint density at radius 1 is 0.553 bits per heavy atom. The molecule has 0 saturated carbocycles. The second-order valence-electron chi connectivity index (χ2n) is 17.9. The van der Waals surface area contributed by atoms with Crippen molar-refractivity contribution in [1.29, 1.82) is 0 Å². The van der Waals surface area contributed by atoms with Crippen molar-refractivity contribution < 1.29 is 38.2 Å². The first-order valence-corrected chi connectivity index (χ1v) is 28.9. The molecule has 0 aliphatic rings. The smallest absolute Gasteiger partial charge is 0.419 e. The van der Waals surface area contributed by atoms with Crippen LogP contribution in [-0.2, 0) is 108 Å². The fraction of sp³-hybridized carbons (Fsp3) is 0.292. The molecule has 8 aromatic rings. The van der Waals surface area contributed by atoms with Gasteiger partial charge in [-0.1, -0.05) is 0 Å². The molecule has 28 heteroatoms. The third-order valence-corrected chi connectivity index (χ3v) is 11.9. The van der Waals surface area contributed by atoms with Crippen LogP contribution in [0.5, 0.6) is 0 Å². The Morgan fingerprint density at radius 2 is 0.842 bits per heavy atom. The minimum absolute atomic E-state index is 0. The van der Waals surface area contributed by atoms with E-state index in [4.69, 9.17) is 20.9 Å². The molecule has 0 saturated heterocycles. The molecular weight excluding hydrogens is 1360 g/mol. The number of Topliss-reactive ketones (excluding diaryl/α,β-unsaturated/α-hetero) is 2. The molecule has 0 aliphatic heterocycles. The average molecular weight is 1410 g/mol. The number of carbonyl (C=O) groups excluding carboxylic acids is 6. The fourth-order valence-corrected chi connectivity index (χ4v) is 8.42. The Balaban J connectivity index is 0.000000340. The van der Waals surface area contributed by atoms with Gasteiger partial charge in [0, 0.05) is 142 Å². The van der Waals surface area contributed by atoms with Crippen LogP contribution in [-0.4, -0.2) is 85.8 Å². The van der Waals surface area contributed by atoms with Gasteiger partial charge in [-0.15, -0.1) is 0 Å². The standard InChI is InChI=1S/C15H17BrN2O3.C14H16BrN3O3.C10H9BrN2O.C9H8BrN3O.S3.S2.H2S/c1-9(19)5-10-6-11-12(16)8-18(13(11)7-17-10)14(20)21-15(2,3)4;1-14(2,3)21-13(20)18-7-10(15)9-4-8(5-12(16)19)17-6-11(9)18;1-6(14)2-7-3-8-9(11)4-13-10(8)5-12-7;10-7-3-13-8-4-12-5(1-6(7)8)2-9(11)14;1-3-2;1-2;/h6-8H,5H2,1-4H3;4,6-7H,5H2,1-3H3,(H2,16,19);3-5,13H,2H2,1H3;1,3-4,13H,2H2,(H2,11,14);;;1H2. The lowest BCUT2D eigenvalue weighted by atomic mass is 10.2. The summed E-state index contributed by atoms with van der Waals surface area (Å²) in [6.07, 6.45) is 13.5. The highest BCUT2D eigenvalue weighted by atomic mass is 79.9. The number of halogens is 4. The second kappa shape index (κ2) is 31.1. The van der Waals surface area contributed by atoms with E-state index in [1.54, 1.807) is 64.7 Å². The zero-order valence-corrected chi connectivity index (χ0v) is 53.3. The largest absolute Gasteiger partial charge is 0.443 e. The van der Waals surface area contributed by atoms with Crippen molar-refractivity contribution in [2.45, 2.75) is 92.3 Å². The first kappa shape index (κ1) is 67.5. The number of hydrogen-bond donors (Lipinski definition) is 4. The van der Waals surface area contributed by atoms with Gasteiger partial charge in [0.05, 0.1) is 71.1 Å². The molecule has 6 N–H and O–H groups in total. The number of H-pyrrole nitrogens is 2. The van der Waals surface area contributed by atoms with Crippen molar-refractivity contribution in [2.24, 2.45) is 11.5 Å². The van der Waals surface area contributed by atoms with Gasteiger partial charge in [0.25, 0.3) is 0 Å².